The van der Waals surface area contributed by atoms with E-state index < -0.39 is 9.04 Å². The Morgan fingerprint density at radius 3 is 2.31 bits per heavy atom. The quantitative estimate of drug-likeness (QED) is 0.588. The molecule has 1 radical (unpaired) electrons. The fourth-order valence-electron chi connectivity index (χ4n) is 1.42. The number of hydrogen-bond acceptors (Lipinski definition) is 2. The van der Waals surface area contributed by atoms with Crippen LogP contribution in [0.2, 0.25) is 13.1 Å². The third-order valence-corrected chi connectivity index (χ3v) is 2.95. The van der Waals surface area contributed by atoms with E-state index in [4.69, 9.17) is 9.16 Å². The molecular weight excluding hydrogens is 216 g/mol. The predicted molar refractivity (Wildman–Crippen MR) is 69.2 cm³/mol. The normalized spacial score (nSPS) is 11.9. The van der Waals surface area contributed by atoms with Crippen molar-refractivity contribution in [2.75, 3.05) is 6.79 Å². The van der Waals surface area contributed by atoms with Gasteiger partial charge in [-0.15, -0.1) is 0 Å². The standard InChI is InChI=1S/C13H21O2Si/c1-13(2,3)11-8-6-7-9-12(11)14-10-15-16(4)5/h6-9H,10H2,1-5H3. The Morgan fingerprint density at radius 1 is 1.12 bits per heavy atom. The van der Waals surface area contributed by atoms with Crippen LogP contribution in [0.4, 0.5) is 0 Å². The molecule has 0 amide bonds. The Labute approximate surface area is 100 Å². The summed E-state index contributed by atoms with van der Waals surface area (Å²) in [4.78, 5) is 0. The lowest BCUT2D eigenvalue weighted by atomic mass is 9.86. The highest BCUT2D eigenvalue weighted by Crippen LogP contribution is 2.30. The zero-order valence-electron chi connectivity index (χ0n) is 10.8. The maximum Gasteiger partial charge on any atom is 0.209 e. The van der Waals surface area contributed by atoms with Crippen LogP contribution in [0.15, 0.2) is 24.3 Å². The van der Waals surface area contributed by atoms with E-state index in [0.29, 0.717) is 6.79 Å². The van der Waals surface area contributed by atoms with Crippen LogP contribution in [0, 0.1) is 0 Å². The second kappa shape index (κ2) is 5.50. The largest absolute Gasteiger partial charge is 0.468 e. The lowest BCUT2D eigenvalue weighted by molar-refractivity contribution is 0.118. The van der Waals surface area contributed by atoms with Gasteiger partial charge in [-0.2, -0.15) is 0 Å². The second-order valence-corrected chi connectivity index (χ2v) is 7.17. The number of benzene rings is 1. The minimum Gasteiger partial charge on any atom is -0.468 e. The molecule has 0 N–H and O–H groups in total. The van der Waals surface area contributed by atoms with E-state index in [2.05, 4.69) is 39.9 Å². The molecule has 0 spiro atoms. The maximum atomic E-state index is 5.68. The van der Waals surface area contributed by atoms with Crippen LogP contribution >= 0.6 is 0 Å². The third kappa shape index (κ3) is 3.98. The average Bonchev–Trinajstić information content (AvgIpc) is 2.16. The number of para-hydroxylation sites is 1. The molecule has 0 aliphatic heterocycles. The summed E-state index contributed by atoms with van der Waals surface area (Å²) in [6.45, 7) is 11.1. The Morgan fingerprint density at radius 2 is 1.75 bits per heavy atom. The fraction of sp³-hybridized carbons (Fsp3) is 0.538. The minimum atomic E-state index is -0.677. The van der Waals surface area contributed by atoms with Crippen LogP contribution in [0.3, 0.4) is 0 Å². The first kappa shape index (κ1) is 13.3. The van der Waals surface area contributed by atoms with Gasteiger partial charge in [-0.1, -0.05) is 39.0 Å². The van der Waals surface area contributed by atoms with E-state index in [1.165, 1.54) is 5.56 Å². The summed E-state index contributed by atoms with van der Waals surface area (Å²) in [5.41, 5.74) is 1.32. The smallest absolute Gasteiger partial charge is 0.209 e. The van der Waals surface area contributed by atoms with E-state index in [1.54, 1.807) is 0 Å². The van der Waals surface area contributed by atoms with Gasteiger partial charge in [0.2, 0.25) is 9.04 Å². The lowest BCUT2D eigenvalue weighted by Crippen LogP contribution is -2.17. The Bertz CT molecular complexity index is 329. The fourth-order valence-corrected chi connectivity index (χ4v) is 1.72. The van der Waals surface area contributed by atoms with E-state index in [9.17, 15) is 0 Å². The monoisotopic (exact) mass is 237 g/mol. The summed E-state index contributed by atoms with van der Waals surface area (Å²) < 4.78 is 11.2. The molecule has 0 atom stereocenters. The summed E-state index contributed by atoms with van der Waals surface area (Å²) in [6, 6.07) is 8.15. The summed E-state index contributed by atoms with van der Waals surface area (Å²) in [5.74, 6) is 0.929. The summed E-state index contributed by atoms with van der Waals surface area (Å²) in [6.07, 6.45) is 0. The summed E-state index contributed by atoms with van der Waals surface area (Å²) in [5, 5.41) is 0. The van der Waals surface area contributed by atoms with Crippen LogP contribution in [-0.4, -0.2) is 15.8 Å². The molecule has 2 nitrogen and oxygen atoms in total. The van der Waals surface area contributed by atoms with Crippen molar-refractivity contribution in [2.24, 2.45) is 0 Å². The molecule has 0 unspecified atom stereocenters. The molecule has 0 aromatic heterocycles. The first-order valence-electron chi connectivity index (χ1n) is 5.56. The van der Waals surface area contributed by atoms with Crippen molar-refractivity contribution in [1.29, 1.82) is 0 Å². The van der Waals surface area contributed by atoms with Crippen molar-refractivity contribution >= 4 is 9.04 Å². The number of rotatable bonds is 4. The topological polar surface area (TPSA) is 18.5 Å². The van der Waals surface area contributed by atoms with Crippen molar-refractivity contribution in [3.05, 3.63) is 29.8 Å². The Kier molecular flexibility index (Phi) is 4.56. The highest BCUT2D eigenvalue weighted by Gasteiger charge is 2.18. The van der Waals surface area contributed by atoms with Crippen LogP contribution in [-0.2, 0) is 9.84 Å². The van der Waals surface area contributed by atoms with Crippen LogP contribution in [0.25, 0.3) is 0 Å². The van der Waals surface area contributed by atoms with Gasteiger partial charge in [0.15, 0.2) is 6.79 Å². The van der Waals surface area contributed by atoms with Gasteiger partial charge in [0.05, 0.1) is 0 Å². The summed E-state index contributed by atoms with van der Waals surface area (Å²) >= 11 is 0. The lowest BCUT2D eigenvalue weighted by Gasteiger charge is -2.22. The molecule has 1 rings (SSSR count). The van der Waals surface area contributed by atoms with E-state index in [1.807, 2.05) is 18.2 Å². The Balaban J connectivity index is 2.72. The molecule has 0 saturated heterocycles. The van der Waals surface area contributed by atoms with Gasteiger partial charge in [0, 0.05) is 0 Å². The molecule has 1 aromatic rings. The predicted octanol–water partition coefficient (Wildman–Crippen LogP) is 3.59. The molecule has 0 bridgehead atoms. The molecule has 0 aliphatic carbocycles. The summed E-state index contributed by atoms with van der Waals surface area (Å²) in [7, 11) is -0.677. The molecule has 0 saturated carbocycles. The van der Waals surface area contributed by atoms with Gasteiger partial charge in [0.1, 0.15) is 5.75 Å². The molecule has 0 aliphatic rings. The molecule has 0 fully saturated rings. The molecule has 3 heteroatoms. The van der Waals surface area contributed by atoms with Crippen molar-refractivity contribution in [3.8, 4) is 5.75 Å². The molecular formula is C13H21O2Si. The highest BCUT2D eigenvalue weighted by molar-refractivity contribution is 6.48. The van der Waals surface area contributed by atoms with E-state index >= 15 is 0 Å². The zero-order chi connectivity index (χ0) is 12.2. The third-order valence-electron chi connectivity index (χ3n) is 2.26. The van der Waals surface area contributed by atoms with Crippen molar-refractivity contribution < 1.29 is 9.16 Å². The molecule has 1 aromatic carbocycles. The molecule has 89 valence electrons. The van der Waals surface area contributed by atoms with E-state index in [0.717, 1.165) is 5.75 Å². The van der Waals surface area contributed by atoms with Gasteiger partial charge < -0.3 is 9.16 Å². The van der Waals surface area contributed by atoms with Crippen LogP contribution in [0.1, 0.15) is 26.3 Å². The first-order valence-corrected chi connectivity index (χ1v) is 7.97. The van der Waals surface area contributed by atoms with Crippen molar-refractivity contribution in [2.45, 2.75) is 39.3 Å². The molecule has 16 heavy (non-hydrogen) atoms. The number of ether oxygens (including phenoxy) is 1. The van der Waals surface area contributed by atoms with Gasteiger partial charge in [0.25, 0.3) is 0 Å². The van der Waals surface area contributed by atoms with Gasteiger partial charge in [-0.05, 0) is 30.1 Å². The van der Waals surface area contributed by atoms with Gasteiger partial charge in [-0.3, -0.25) is 0 Å². The van der Waals surface area contributed by atoms with Crippen LogP contribution < -0.4 is 4.74 Å². The minimum absolute atomic E-state index is 0.100. The average molecular weight is 237 g/mol. The van der Waals surface area contributed by atoms with Gasteiger partial charge >= 0.3 is 0 Å². The van der Waals surface area contributed by atoms with E-state index in [-0.39, 0.29) is 5.41 Å². The second-order valence-electron chi connectivity index (χ2n) is 5.06. The van der Waals surface area contributed by atoms with Crippen molar-refractivity contribution in [3.63, 3.8) is 0 Å². The highest BCUT2D eigenvalue weighted by atomic mass is 28.3. The SMILES string of the molecule is C[Si](C)OCOc1ccccc1C(C)(C)C. The Hall–Kier alpha value is -0.803. The number of hydrogen-bond donors (Lipinski definition) is 0. The first-order chi connectivity index (χ1) is 7.41. The van der Waals surface area contributed by atoms with Crippen LogP contribution in [0.5, 0.6) is 5.75 Å². The van der Waals surface area contributed by atoms with Gasteiger partial charge in [-0.25, -0.2) is 0 Å². The molecule has 0 heterocycles. The maximum absolute atomic E-state index is 5.68. The van der Waals surface area contributed by atoms with Crippen molar-refractivity contribution in [1.82, 2.24) is 0 Å². The zero-order valence-corrected chi connectivity index (χ0v) is 11.8.